The second-order valence-corrected chi connectivity index (χ2v) is 6.91. The number of carbonyl (C=O) groups excluding carboxylic acids is 1. The SMILES string of the molecule is CC(=O)Nc1ccc(CN2CCC(c3nnc(-c4ccccc4)o3)C2)cc1. The largest absolute Gasteiger partial charge is 0.420 e. The van der Waals surface area contributed by atoms with Crippen molar-refractivity contribution in [1.82, 2.24) is 15.1 Å². The second kappa shape index (κ2) is 7.72. The first-order chi connectivity index (χ1) is 13.2. The Hall–Kier alpha value is -2.99. The summed E-state index contributed by atoms with van der Waals surface area (Å²) in [4.78, 5) is 13.5. The summed E-state index contributed by atoms with van der Waals surface area (Å²) in [5.74, 6) is 1.52. The van der Waals surface area contributed by atoms with Crippen molar-refractivity contribution in [3.05, 3.63) is 66.1 Å². The van der Waals surface area contributed by atoms with Gasteiger partial charge in [-0.1, -0.05) is 30.3 Å². The van der Waals surface area contributed by atoms with Gasteiger partial charge in [0, 0.05) is 31.3 Å². The molecule has 0 bridgehead atoms. The average molecular weight is 362 g/mol. The minimum absolute atomic E-state index is 0.0560. The predicted molar refractivity (Wildman–Crippen MR) is 103 cm³/mol. The highest BCUT2D eigenvalue weighted by Crippen LogP contribution is 2.29. The van der Waals surface area contributed by atoms with E-state index in [1.807, 2.05) is 42.5 Å². The molecule has 1 fully saturated rings. The smallest absolute Gasteiger partial charge is 0.247 e. The summed E-state index contributed by atoms with van der Waals surface area (Å²) in [7, 11) is 0. The summed E-state index contributed by atoms with van der Waals surface area (Å²) >= 11 is 0. The monoisotopic (exact) mass is 362 g/mol. The molecular formula is C21H22N4O2. The highest BCUT2D eigenvalue weighted by atomic mass is 16.4. The third kappa shape index (κ3) is 4.23. The van der Waals surface area contributed by atoms with Gasteiger partial charge in [-0.2, -0.15) is 0 Å². The van der Waals surface area contributed by atoms with Crippen LogP contribution in [0.25, 0.3) is 11.5 Å². The van der Waals surface area contributed by atoms with Crippen LogP contribution >= 0.6 is 0 Å². The fraction of sp³-hybridized carbons (Fsp3) is 0.286. The number of carbonyl (C=O) groups is 1. The van der Waals surface area contributed by atoms with Gasteiger partial charge in [0.15, 0.2) is 0 Å². The minimum Gasteiger partial charge on any atom is -0.420 e. The number of benzene rings is 2. The van der Waals surface area contributed by atoms with Crippen LogP contribution in [-0.2, 0) is 11.3 Å². The van der Waals surface area contributed by atoms with E-state index in [1.54, 1.807) is 0 Å². The van der Waals surface area contributed by atoms with Gasteiger partial charge in [-0.15, -0.1) is 10.2 Å². The number of likely N-dealkylation sites (tertiary alicyclic amines) is 1. The Labute approximate surface area is 158 Å². The van der Waals surface area contributed by atoms with Crippen molar-refractivity contribution in [3.8, 4) is 11.5 Å². The molecular weight excluding hydrogens is 340 g/mol. The topological polar surface area (TPSA) is 71.3 Å². The maximum Gasteiger partial charge on any atom is 0.247 e. The van der Waals surface area contributed by atoms with Gasteiger partial charge in [0.25, 0.3) is 0 Å². The molecule has 1 saturated heterocycles. The first-order valence-electron chi connectivity index (χ1n) is 9.15. The summed E-state index contributed by atoms with van der Waals surface area (Å²) in [5, 5.41) is 11.3. The maximum absolute atomic E-state index is 11.1. The first-order valence-corrected chi connectivity index (χ1v) is 9.15. The number of hydrogen-bond donors (Lipinski definition) is 1. The van der Waals surface area contributed by atoms with Gasteiger partial charge in [-0.25, -0.2) is 0 Å². The molecule has 27 heavy (non-hydrogen) atoms. The lowest BCUT2D eigenvalue weighted by molar-refractivity contribution is -0.114. The molecule has 0 saturated carbocycles. The summed E-state index contributed by atoms with van der Waals surface area (Å²) in [5.41, 5.74) is 3.00. The average Bonchev–Trinajstić information content (AvgIpc) is 3.33. The zero-order valence-corrected chi connectivity index (χ0v) is 15.3. The Balaban J connectivity index is 1.36. The molecule has 1 amide bonds. The minimum atomic E-state index is -0.0560. The highest BCUT2D eigenvalue weighted by Gasteiger charge is 2.28. The third-order valence-electron chi connectivity index (χ3n) is 4.76. The van der Waals surface area contributed by atoms with Crippen LogP contribution in [0.15, 0.2) is 59.0 Å². The van der Waals surface area contributed by atoms with E-state index in [2.05, 4.69) is 32.5 Å². The Morgan fingerprint density at radius 2 is 1.93 bits per heavy atom. The van der Waals surface area contributed by atoms with Crippen molar-refractivity contribution in [3.63, 3.8) is 0 Å². The number of anilines is 1. The molecule has 0 radical (unpaired) electrons. The molecule has 1 aliphatic heterocycles. The number of amides is 1. The van der Waals surface area contributed by atoms with Crippen molar-refractivity contribution in [2.45, 2.75) is 25.8 Å². The molecule has 1 unspecified atom stereocenters. The summed E-state index contributed by atoms with van der Waals surface area (Å²) in [6, 6.07) is 17.8. The third-order valence-corrected chi connectivity index (χ3v) is 4.76. The molecule has 0 aliphatic carbocycles. The lowest BCUT2D eigenvalue weighted by Crippen LogP contribution is -2.19. The van der Waals surface area contributed by atoms with Crippen molar-refractivity contribution in [2.24, 2.45) is 0 Å². The van der Waals surface area contributed by atoms with Gasteiger partial charge >= 0.3 is 0 Å². The standard InChI is InChI=1S/C21H22N4O2/c1-15(26)22-19-9-7-16(8-10-19)13-25-12-11-18(14-25)21-24-23-20(27-21)17-5-3-2-4-6-17/h2-10,18H,11-14H2,1H3,(H,22,26). The summed E-state index contributed by atoms with van der Waals surface area (Å²) < 4.78 is 5.92. The Bertz CT molecular complexity index is 905. The summed E-state index contributed by atoms with van der Waals surface area (Å²) in [6.07, 6.45) is 1.01. The molecule has 0 spiro atoms. The normalized spacial score (nSPS) is 17.1. The van der Waals surface area contributed by atoms with Gasteiger partial charge in [0.1, 0.15) is 0 Å². The van der Waals surface area contributed by atoms with Crippen LogP contribution in [0.5, 0.6) is 0 Å². The van der Waals surface area contributed by atoms with E-state index < -0.39 is 0 Å². The van der Waals surface area contributed by atoms with Crippen LogP contribution in [0.3, 0.4) is 0 Å². The Kier molecular flexibility index (Phi) is 4.98. The number of nitrogens with zero attached hydrogens (tertiary/aromatic N) is 3. The molecule has 2 heterocycles. The zero-order chi connectivity index (χ0) is 18.6. The Morgan fingerprint density at radius 3 is 2.67 bits per heavy atom. The number of hydrogen-bond acceptors (Lipinski definition) is 5. The Morgan fingerprint density at radius 1 is 1.15 bits per heavy atom. The van der Waals surface area contributed by atoms with Crippen molar-refractivity contribution >= 4 is 11.6 Å². The van der Waals surface area contributed by atoms with E-state index in [0.29, 0.717) is 5.89 Å². The van der Waals surface area contributed by atoms with Crippen LogP contribution in [0, 0.1) is 0 Å². The van der Waals surface area contributed by atoms with E-state index in [4.69, 9.17) is 4.42 Å². The molecule has 1 aromatic heterocycles. The molecule has 4 rings (SSSR count). The molecule has 1 N–H and O–H groups in total. The zero-order valence-electron chi connectivity index (χ0n) is 15.3. The highest BCUT2D eigenvalue weighted by molar-refractivity contribution is 5.88. The van der Waals surface area contributed by atoms with Crippen LogP contribution in [-0.4, -0.2) is 34.1 Å². The lowest BCUT2D eigenvalue weighted by atomic mass is 10.1. The van der Waals surface area contributed by atoms with Gasteiger partial charge in [-0.05, 0) is 42.8 Å². The van der Waals surface area contributed by atoms with Gasteiger partial charge in [0.05, 0.1) is 5.92 Å². The van der Waals surface area contributed by atoms with Crippen molar-refractivity contribution < 1.29 is 9.21 Å². The predicted octanol–water partition coefficient (Wildman–Crippen LogP) is 3.68. The fourth-order valence-electron chi connectivity index (χ4n) is 3.43. The van der Waals surface area contributed by atoms with Gasteiger partial charge < -0.3 is 9.73 Å². The number of rotatable bonds is 5. The van der Waals surface area contributed by atoms with Crippen molar-refractivity contribution in [2.75, 3.05) is 18.4 Å². The molecule has 6 nitrogen and oxygen atoms in total. The van der Waals surface area contributed by atoms with Gasteiger partial charge in [-0.3, -0.25) is 9.69 Å². The fourth-order valence-corrected chi connectivity index (χ4v) is 3.43. The van der Waals surface area contributed by atoms with Crippen molar-refractivity contribution in [1.29, 1.82) is 0 Å². The molecule has 1 atom stereocenters. The number of nitrogens with one attached hydrogen (secondary N) is 1. The van der Waals surface area contributed by atoms with E-state index in [1.165, 1.54) is 12.5 Å². The molecule has 1 aliphatic rings. The van der Waals surface area contributed by atoms with E-state index in [9.17, 15) is 4.79 Å². The van der Waals surface area contributed by atoms with Gasteiger partial charge in [0.2, 0.25) is 17.7 Å². The second-order valence-electron chi connectivity index (χ2n) is 6.91. The summed E-state index contributed by atoms with van der Waals surface area (Å²) in [6.45, 7) is 4.29. The number of aromatic nitrogens is 2. The van der Waals surface area contributed by atoms with Crippen LogP contribution in [0.2, 0.25) is 0 Å². The first kappa shape index (κ1) is 17.4. The maximum atomic E-state index is 11.1. The quantitative estimate of drug-likeness (QED) is 0.750. The molecule has 138 valence electrons. The molecule has 3 aromatic rings. The van der Waals surface area contributed by atoms with Crippen LogP contribution in [0.4, 0.5) is 5.69 Å². The lowest BCUT2D eigenvalue weighted by Gasteiger charge is -2.15. The van der Waals surface area contributed by atoms with Crippen LogP contribution in [0.1, 0.15) is 30.7 Å². The van der Waals surface area contributed by atoms with E-state index in [0.717, 1.165) is 43.2 Å². The van der Waals surface area contributed by atoms with E-state index in [-0.39, 0.29) is 11.8 Å². The van der Waals surface area contributed by atoms with E-state index >= 15 is 0 Å². The van der Waals surface area contributed by atoms with Crippen LogP contribution < -0.4 is 5.32 Å². The molecule has 6 heteroatoms. The molecule has 2 aromatic carbocycles.